The topological polar surface area (TPSA) is 95.9 Å². The fourth-order valence-corrected chi connectivity index (χ4v) is 3.25. The van der Waals surface area contributed by atoms with Crippen LogP contribution in [0.25, 0.3) is 0 Å². The number of benzene rings is 2. The fourth-order valence-electron chi connectivity index (χ4n) is 3.25. The van der Waals surface area contributed by atoms with Gasteiger partial charge in [0.15, 0.2) is 0 Å². The van der Waals surface area contributed by atoms with Crippen molar-refractivity contribution in [2.24, 2.45) is 0 Å². The first-order valence-electron chi connectivity index (χ1n) is 9.03. The Morgan fingerprint density at radius 1 is 1.04 bits per heavy atom. The summed E-state index contributed by atoms with van der Waals surface area (Å²) in [6.45, 7) is 1.75. The van der Waals surface area contributed by atoms with Crippen LogP contribution >= 0.6 is 0 Å². The normalized spacial score (nSPS) is 19.3. The Bertz CT molecular complexity index is 831. The second-order valence-corrected chi connectivity index (χ2v) is 6.88. The van der Waals surface area contributed by atoms with Gasteiger partial charge in [-0.15, -0.1) is 0 Å². The molecule has 0 aromatic heterocycles. The lowest BCUT2D eigenvalue weighted by molar-refractivity contribution is 0.00688. The van der Waals surface area contributed by atoms with Crippen molar-refractivity contribution in [2.45, 2.75) is 44.8 Å². The molecule has 27 heavy (non-hydrogen) atoms. The van der Waals surface area contributed by atoms with E-state index in [1.165, 1.54) is 12.1 Å². The number of aromatic carboxylic acids is 1. The number of ether oxygens (including phenoxy) is 1. The average Bonchev–Trinajstić information content (AvgIpc) is 2.64. The van der Waals surface area contributed by atoms with Crippen molar-refractivity contribution in [2.75, 3.05) is 5.32 Å². The Kier molecular flexibility index (Phi) is 5.76. The summed E-state index contributed by atoms with van der Waals surface area (Å²) in [4.78, 5) is 23.6. The summed E-state index contributed by atoms with van der Waals surface area (Å²) in [5, 5.41) is 21.9. The highest BCUT2D eigenvalue weighted by molar-refractivity contribution is 6.05. The summed E-state index contributed by atoms with van der Waals surface area (Å²) < 4.78 is 5.84. The molecular formula is C21H23NO5. The number of carbonyl (C=O) groups excluding carboxylic acids is 1. The van der Waals surface area contributed by atoms with E-state index in [-0.39, 0.29) is 23.1 Å². The zero-order chi connectivity index (χ0) is 19.4. The predicted molar refractivity (Wildman–Crippen MR) is 101 cm³/mol. The van der Waals surface area contributed by atoms with Crippen LogP contribution in [0.3, 0.4) is 0 Å². The number of carboxylic acid groups (broad SMARTS) is 1. The van der Waals surface area contributed by atoms with Gasteiger partial charge < -0.3 is 20.3 Å². The number of amides is 1. The summed E-state index contributed by atoms with van der Waals surface area (Å²) in [5.41, 5.74) is 1.65. The van der Waals surface area contributed by atoms with Crippen molar-refractivity contribution in [1.29, 1.82) is 0 Å². The fraction of sp³-hybridized carbons (Fsp3) is 0.333. The molecule has 1 amide bonds. The maximum Gasteiger partial charge on any atom is 0.335 e. The molecule has 0 bridgehead atoms. The maximum atomic E-state index is 12.4. The molecule has 0 aliphatic heterocycles. The van der Waals surface area contributed by atoms with E-state index in [0.29, 0.717) is 17.0 Å². The van der Waals surface area contributed by atoms with E-state index in [0.717, 1.165) is 25.7 Å². The van der Waals surface area contributed by atoms with Gasteiger partial charge in [-0.1, -0.05) is 6.42 Å². The van der Waals surface area contributed by atoms with Crippen LogP contribution in [-0.4, -0.2) is 34.3 Å². The molecule has 0 radical (unpaired) electrons. The molecule has 1 aliphatic carbocycles. The molecule has 2 aromatic carbocycles. The van der Waals surface area contributed by atoms with Crippen molar-refractivity contribution in [3.63, 3.8) is 0 Å². The Morgan fingerprint density at radius 2 is 1.70 bits per heavy atom. The van der Waals surface area contributed by atoms with Crippen LogP contribution in [0, 0.1) is 6.92 Å². The highest BCUT2D eigenvalue weighted by atomic mass is 16.5. The third kappa shape index (κ3) is 4.86. The molecule has 1 fully saturated rings. The standard InChI is InChI=1S/C21H23NO5/c1-13-10-14(12-15(11-13)21(25)26)20(24)22-16-6-8-17(9-7-16)27-19-5-3-2-4-18(19)23/h6-12,18-19,23H,2-5H2,1H3,(H,22,24)(H,25,26). The van der Waals surface area contributed by atoms with Crippen molar-refractivity contribution < 1.29 is 24.5 Å². The zero-order valence-corrected chi connectivity index (χ0v) is 15.1. The van der Waals surface area contributed by atoms with Crippen LogP contribution in [0.15, 0.2) is 42.5 Å². The highest BCUT2D eigenvalue weighted by Gasteiger charge is 2.24. The second-order valence-electron chi connectivity index (χ2n) is 6.88. The number of nitrogens with one attached hydrogen (secondary N) is 1. The van der Waals surface area contributed by atoms with Crippen LogP contribution in [0.5, 0.6) is 5.75 Å². The third-order valence-corrected chi connectivity index (χ3v) is 4.65. The van der Waals surface area contributed by atoms with E-state index >= 15 is 0 Å². The first-order chi connectivity index (χ1) is 12.9. The van der Waals surface area contributed by atoms with Gasteiger partial charge in [-0.05, 0) is 74.2 Å². The average molecular weight is 369 g/mol. The summed E-state index contributed by atoms with van der Waals surface area (Å²) in [7, 11) is 0. The minimum Gasteiger partial charge on any atom is -0.488 e. The van der Waals surface area contributed by atoms with E-state index in [1.54, 1.807) is 37.3 Å². The Morgan fingerprint density at radius 3 is 2.37 bits per heavy atom. The molecule has 0 saturated heterocycles. The van der Waals surface area contributed by atoms with Gasteiger partial charge in [-0.25, -0.2) is 4.79 Å². The van der Waals surface area contributed by atoms with Crippen LogP contribution in [0.2, 0.25) is 0 Å². The van der Waals surface area contributed by atoms with Gasteiger partial charge in [0, 0.05) is 11.3 Å². The molecule has 6 heteroatoms. The van der Waals surface area contributed by atoms with E-state index in [1.807, 2.05) is 0 Å². The number of carboxylic acids is 1. The molecule has 1 saturated carbocycles. The molecule has 2 aromatic rings. The lowest BCUT2D eigenvalue weighted by atomic mass is 9.95. The number of carbonyl (C=O) groups is 2. The number of rotatable bonds is 5. The van der Waals surface area contributed by atoms with Gasteiger partial charge in [0.25, 0.3) is 5.91 Å². The molecule has 3 N–H and O–H groups in total. The van der Waals surface area contributed by atoms with Crippen LogP contribution < -0.4 is 10.1 Å². The van der Waals surface area contributed by atoms with Gasteiger partial charge in [0.05, 0.1) is 11.7 Å². The van der Waals surface area contributed by atoms with Crippen molar-refractivity contribution >= 4 is 17.6 Å². The van der Waals surface area contributed by atoms with E-state index in [4.69, 9.17) is 9.84 Å². The van der Waals surface area contributed by atoms with E-state index < -0.39 is 12.1 Å². The van der Waals surface area contributed by atoms with Gasteiger partial charge >= 0.3 is 5.97 Å². The quantitative estimate of drug-likeness (QED) is 0.748. The van der Waals surface area contributed by atoms with Crippen LogP contribution in [0.1, 0.15) is 52.0 Å². The zero-order valence-electron chi connectivity index (χ0n) is 15.1. The van der Waals surface area contributed by atoms with Crippen LogP contribution in [-0.2, 0) is 0 Å². The number of aryl methyl sites for hydroxylation is 1. The molecule has 142 valence electrons. The lowest BCUT2D eigenvalue weighted by Gasteiger charge is -2.28. The van der Waals surface area contributed by atoms with Crippen molar-refractivity contribution in [3.05, 3.63) is 59.2 Å². The SMILES string of the molecule is Cc1cc(C(=O)O)cc(C(=O)Nc2ccc(OC3CCCCC3O)cc2)c1. The number of aliphatic hydroxyl groups excluding tert-OH is 1. The number of anilines is 1. The minimum absolute atomic E-state index is 0.0786. The summed E-state index contributed by atoms with van der Waals surface area (Å²) in [6, 6.07) is 11.4. The molecule has 6 nitrogen and oxygen atoms in total. The molecule has 1 aliphatic rings. The van der Waals surface area contributed by atoms with Crippen molar-refractivity contribution in [3.8, 4) is 5.75 Å². The van der Waals surface area contributed by atoms with E-state index in [2.05, 4.69) is 5.32 Å². The maximum absolute atomic E-state index is 12.4. The molecular weight excluding hydrogens is 346 g/mol. The minimum atomic E-state index is -1.07. The lowest BCUT2D eigenvalue weighted by Crippen LogP contribution is -2.34. The number of hydrogen-bond acceptors (Lipinski definition) is 4. The Labute approximate surface area is 157 Å². The highest BCUT2D eigenvalue weighted by Crippen LogP contribution is 2.25. The van der Waals surface area contributed by atoms with E-state index in [9.17, 15) is 14.7 Å². The van der Waals surface area contributed by atoms with Gasteiger partial charge in [-0.3, -0.25) is 4.79 Å². The first kappa shape index (κ1) is 18.9. The molecule has 2 atom stereocenters. The Balaban J connectivity index is 1.66. The molecule has 0 heterocycles. The predicted octanol–water partition coefficient (Wildman–Crippen LogP) is 3.63. The molecule has 2 unspecified atom stereocenters. The monoisotopic (exact) mass is 369 g/mol. The smallest absolute Gasteiger partial charge is 0.335 e. The molecule has 0 spiro atoms. The molecule has 3 rings (SSSR count). The Hall–Kier alpha value is -2.86. The third-order valence-electron chi connectivity index (χ3n) is 4.65. The first-order valence-corrected chi connectivity index (χ1v) is 9.03. The largest absolute Gasteiger partial charge is 0.488 e. The number of aliphatic hydroxyl groups is 1. The summed E-state index contributed by atoms with van der Waals surface area (Å²) in [5.74, 6) is -0.806. The van der Waals surface area contributed by atoms with Crippen LogP contribution in [0.4, 0.5) is 5.69 Å². The van der Waals surface area contributed by atoms with Gasteiger partial charge in [0.2, 0.25) is 0 Å². The summed E-state index contributed by atoms with van der Waals surface area (Å²) in [6.07, 6.45) is 3.02. The van der Waals surface area contributed by atoms with Gasteiger partial charge in [-0.2, -0.15) is 0 Å². The van der Waals surface area contributed by atoms with Gasteiger partial charge in [0.1, 0.15) is 11.9 Å². The van der Waals surface area contributed by atoms with Crippen molar-refractivity contribution in [1.82, 2.24) is 0 Å². The summed E-state index contributed by atoms with van der Waals surface area (Å²) >= 11 is 0. The number of hydrogen-bond donors (Lipinski definition) is 3. The second kappa shape index (κ2) is 8.22.